The molecule has 0 bridgehead atoms. The van der Waals surface area contributed by atoms with E-state index < -0.39 is 24.0 Å². The molecule has 1 aliphatic rings. The minimum absolute atomic E-state index is 0.0201. The highest BCUT2D eigenvalue weighted by molar-refractivity contribution is 5.83. The number of hydrogen-bond acceptors (Lipinski definition) is 4. The molecule has 0 saturated heterocycles. The van der Waals surface area contributed by atoms with Crippen LogP contribution in [0.5, 0.6) is 0 Å². The second-order valence-electron chi connectivity index (χ2n) is 4.13. The zero-order valence-electron chi connectivity index (χ0n) is 10.3. The molecule has 0 aromatic rings. The molecule has 0 unspecified atom stereocenters. The highest BCUT2D eigenvalue weighted by Gasteiger charge is 2.26. The van der Waals surface area contributed by atoms with Crippen LogP contribution in [0, 0.1) is 0 Å². The van der Waals surface area contributed by atoms with E-state index in [9.17, 15) is 14.4 Å². The normalized spacial score (nSPS) is 15.6. The average Bonchev–Trinajstić information content (AvgIpc) is 3.08. The number of amides is 2. The number of carboxylic acid groups (broad SMARTS) is 1. The van der Waals surface area contributed by atoms with Crippen LogP contribution in [0.1, 0.15) is 32.6 Å². The number of carbonyl (C=O) groups is 3. The number of carboxylic acids is 1. The van der Waals surface area contributed by atoms with Crippen LogP contribution in [0.4, 0.5) is 4.79 Å². The first kappa shape index (κ1) is 14.3. The number of aliphatic carboxylic acids is 1. The summed E-state index contributed by atoms with van der Waals surface area (Å²) in [6.45, 7) is 1.93. The second kappa shape index (κ2) is 6.83. The molecule has 1 rings (SSSR count). The van der Waals surface area contributed by atoms with Gasteiger partial charge in [0.2, 0.25) is 0 Å². The molecule has 0 heterocycles. The van der Waals surface area contributed by atoms with Gasteiger partial charge in [0.1, 0.15) is 6.04 Å². The molecule has 0 radical (unpaired) electrons. The van der Waals surface area contributed by atoms with E-state index in [1.807, 2.05) is 0 Å². The fraction of sp³-hybridized carbons (Fsp3) is 0.727. The van der Waals surface area contributed by atoms with Crippen LogP contribution in [0.2, 0.25) is 0 Å². The Balaban J connectivity index is 2.31. The highest BCUT2D eigenvalue weighted by Crippen LogP contribution is 2.18. The summed E-state index contributed by atoms with van der Waals surface area (Å²) >= 11 is 0. The summed E-state index contributed by atoms with van der Waals surface area (Å²) in [4.78, 5) is 33.4. The number of nitrogens with one attached hydrogen (secondary N) is 2. The van der Waals surface area contributed by atoms with Crippen LogP contribution >= 0.6 is 0 Å². The molecule has 1 atom stereocenters. The monoisotopic (exact) mass is 258 g/mol. The van der Waals surface area contributed by atoms with Crippen molar-refractivity contribution in [3.63, 3.8) is 0 Å². The number of urea groups is 1. The van der Waals surface area contributed by atoms with E-state index in [1.54, 1.807) is 6.92 Å². The van der Waals surface area contributed by atoms with Crippen LogP contribution in [0.25, 0.3) is 0 Å². The fourth-order valence-corrected chi connectivity index (χ4v) is 1.37. The third-order valence-electron chi connectivity index (χ3n) is 2.46. The van der Waals surface area contributed by atoms with Gasteiger partial charge in [0.05, 0.1) is 6.61 Å². The predicted molar refractivity (Wildman–Crippen MR) is 62.0 cm³/mol. The van der Waals surface area contributed by atoms with Crippen molar-refractivity contribution in [2.75, 3.05) is 6.61 Å². The molecule has 0 aromatic heterocycles. The molecule has 3 N–H and O–H groups in total. The number of rotatable bonds is 7. The van der Waals surface area contributed by atoms with E-state index in [0.29, 0.717) is 0 Å². The van der Waals surface area contributed by atoms with E-state index in [1.165, 1.54) is 0 Å². The standard InChI is InChI=1S/C11H18N2O5/c1-2-18-9(14)6-5-8(10(15)16)13-11(17)12-7-3-4-7/h7-8H,2-6H2,1H3,(H,15,16)(H2,12,13,17)/t8-/m0/s1. The van der Waals surface area contributed by atoms with Gasteiger partial charge in [-0.25, -0.2) is 9.59 Å². The quantitative estimate of drug-likeness (QED) is 0.567. The molecule has 7 nitrogen and oxygen atoms in total. The first-order valence-corrected chi connectivity index (χ1v) is 5.98. The maximum Gasteiger partial charge on any atom is 0.326 e. The predicted octanol–water partition coefficient (Wildman–Crippen LogP) is 0.245. The number of esters is 1. The third kappa shape index (κ3) is 5.51. The number of ether oxygens (including phenoxy) is 1. The van der Waals surface area contributed by atoms with Crippen molar-refractivity contribution in [2.45, 2.75) is 44.7 Å². The van der Waals surface area contributed by atoms with E-state index in [4.69, 9.17) is 9.84 Å². The summed E-state index contributed by atoms with van der Waals surface area (Å²) in [5, 5.41) is 13.9. The lowest BCUT2D eigenvalue weighted by Crippen LogP contribution is -2.46. The van der Waals surface area contributed by atoms with E-state index in [2.05, 4.69) is 10.6 Å². The van der Waals surface area contributed by atoms with Crippen LogP contribution in [-0.2, 0) is 14.3 Å². The summed E-state index contributed by atoms with van der Waals surface area (Å²) in [5.41, 5.74) is 0. The van der Waals surface area contributed by atoms with Crippen molar-refractivity contribution >= 4 is 18.0 Å². The molecule has 0 spiro atoms. The lowest BCUT2D eigenvalue weighted by molar-refractivity contribution is -0.144. The average molecular weight is 258 g/mol. The van der Waals surface area contributed by atoms with Crippen LogP contribution in [0.15, 0.2) is 0 Å². The zero-order chi connectivity index (χ0) is 13.5. The summed E-state index contributed by atoms with van der Waals surface area (Å²) in [6.07, 6.45) is 1.84. The van der Waals surface area contributed by atoms with Gasteiger partial charge in [-0.3, -0.25) is 4.79 Å². The Kier molecular flexibility index (Phi) is 5.41. The van der Waals surface area contributed by atoms with E-state index in [0.717, 1.165) is 12.8 Å². The largest absolute Gasteiger partial charge is 0.480 e. The van der Waals surface area contributed by atoms with Crippen molar-refractivity contribution in [1.82, 2.24) is 10.6 Å². The third-order valence-corrected chi connectivity index (χ3v) is 2.46. The van der Waals surface area contributed by atoms with Gasteiger partial charge in [0, 0.05) is 12.5 Å². The lowest BCUT2D eigenvalue weighted by atomic mass is 10.1. The van der Waals surface area contributed by atoms with Crippen LogP contribution in [0.3, 0.4) is 0 Å². The maximum atomic E-state index is 11.4. The first-order valence-electron chi connectivity index (χ1n) is 5.98. The van der Waals surface area contributed by atoms with Crippen molar-refractivity contribution in [3.8, 4) is 0 Å². The van der Waals surface area contributed by atoms with E-state index >= 15 is 0 Å². The molecule has 0 aromatic carbocycles. The summed E-state index contributed by atoms with van der Waals surface area (Å²) < 4.78 is 4.69. The zero-order valence-corrected chi connectivity index (χ0v) is 10.3. The fourth-order valence-electron chi connectivity index (χ4n) is 1.37. The Morgan fingerprint density at radius 2 is 2.06 bits per heavy atom. The summed E-state index contributed by atoms with van der Waals surface area (Å²) in [7, 11) is 0. The minimum Gasteiger partial charge on any atom is -0.480 e. The Hall–Kier alpha value is -1.79. The molecule has 7 heteroatoms. The minimum atomic E-state index is -1.16. The summed E-state index contributed by atoms with van der Waals surface area (Å²) in [5.74, 6) is -1.63. The van der Waals surface area contributed by atoms with Crippen molar-refractivity contribution in [2.24, 2.45) is 0 Å². The highest BCUT2D eigenvalue weighted by atomic mass is 16.5. The molecule has 2 amide bonds. The Morgan fingerprint density at radius 3 is 2.56 bits per heavy atom. The lowest BCUT2D eigenvalue weighted by Gasteiger charge is -2.14. The Morgan fingerprint density at radius 1 is 1.39 bits per heavy atom. The van der Waals surface area contributed by atoms with E-state index in [-0.39, 0.29) is 25.5 Å². The van der Waals surface area contributed by atoms with Gasteiger partial charge in [-0.2, -0.15) is 0 Å². The first-order chi connectivity index (χ1) is 8.52. The van der Waals surface area contributed by atoms with Crippen molar-refractivity contribution in [3.05, 3.63) is 0 Å². The van der Waals surface area contributed by atoms with Gasteiger partial charge in [-0.1, -0.05) is 0 Å². The molecular formula is C11H18N2O5. The van der Waals surface area contributed by atoms with Crippen molar-refractivity contribution in [1.29, 1.82) is 0 Å². The number of hydrogen-bond donors (Lipinski definition) is 3. The Labute approximate surface area is 105 Å². The molecule has 18 heavy (non-hydrogen) atoms. The second-order valence-corrected chi connectivity index (χ2v) is 4.13. The van der Waals surface area contributed by atoms with Gasteiger partial charge >= 0.3 is 18.0 Å². The van der Waals surface area contributed by atoms with Gasteiger partial charge < -0.3 is 20.5 Å². The van der Waals surface area contributed by atoms with Crippen LogP contribution < -0.4 is 10.6 Å². The molecule has 1 saturated carbocycles. The van der Waals surface area contributed by atoms with Gasteiger partial charge in [0.15, 0.2) is 0 Å². The van der Waals surface area contributed by atoms with Crippen molar-refractivity contribution < 1.29 is 24.2 Å². The molecule has 1 aliphatic carbocycles. The summed E-state index contributed by atoms with van der Waals surface area (Å²) in [6, 6.07) is -1.42. The van der Waals surface area contributed by atoms with Crippen LogP contribution in [-0.4, -0.2) is 41.8 Å². The molecule has 0 aliphatic heterocycles. The topological polar surface area (TPSA) is 105 Å². The maximum absolute atomic E-state index is 11.4. The molecular weight excluding hydrogens is 240 g/mol. The van der Waals surface area contributed by atoms with Gasteiger partial charge in [0.25, 0.3) is 0 Å². The smallest absolute Gasteiger partial charge is 0.326 e. The SMILES string of the molecule is CCOC(=O)CC[C@H](NC(=O)NC1CC1)C(=O)O. The van der Waals surface area contributed by atoms with Gasteiger partial charge in [-0.15, -0.1) is 0 Å². The van der Waals surface area contributed by atoms with Gasteiger partial charge in [-0.05, 0) is 26.2 Å². The Bertz CT molecular complexity index is 327. The molecule has 1 fully saturated rings. The number of carbonyl (C=O) groups excluding carboxylic acids is 2. The molecule has 102 valence electrons.